The molecule has 1 heterocycles. The molecule has 0 radical (unpaired) electrons. The molecule has 0 aromatic heterocycles. The first-order valence-electron chi connectivity index (χ1n) is 4.36. The van der Waals surface area contributed by atoms with Crippen LogP contribution in [0.5, 0.6) is 0 Å². The van der Waals surface area contributed by atoms with E-state index in [1.54, 1.807) is 4.90 Å². The van der Waals surface area contributed by atoms with Gasteiger partial charge in [0.15, 0.2) is 0 Å². The summed E-state index contributed by atoms with van der Waals surface area (Å²) in [5.74, 6) is 0.772. The van der Waals surface area contributed by atoms with E-state index in [0.717, 1.165) is 31.4 Å². The molecule has 0 aromatic carbocycles. The Bertz CT molecular complexity index is 161. The molecule has 1 atom stereocenters. The number of carboxylic acid groups (broad SMARTS) is 1. The predicted octanol–water partition coefficient (Wildman–Crippen LogP) is 1.84. The molecule has 70 valence electrons. The minimum absolute atomic E-state index is 0.216. The zero-order valence-corrected chi connectivity index (χ0v) is 7.96. The van der Waals surface area contributed by atoms with E-state index < -0.39 is 6.09 Å². The van der Waals surface area contributed by atoms with Crippen LogP contribution in [0.4, 0.5) is 4.79 Å². The molecule has 0 aromatic rings. The van der Waals surface area contributed by atoms with Crippen LogP contribution >= 0.6 is 12.6 Å². The van der Waals surface area contributed by atoms with Gasteiger partial charge in [-0.3, -0.25) is 0 Å². The number of nitrogens with zero attached hydrogens (tertiary/aromatic N) is 1. The Hall–Kier alpha value is -0.380. The zero-order chi connectivity index (χ0) is 8.97. The first-order chi connectivity index (χ1) is 5.75. The molecule has 1 N–H and O–H groups in total. The molecular weight excluding hydrogens is 174 g/mol. The van der Waals surface area contributed by atoms with Crippen LogP contribution in [0.1, 0.15) is 25.7 Å². The second-order valence-electron chi connectivity index (χ2n) is 3.14. The predicted molar refractivity (Wildman–Crippen MR) is 50.8 cm³/mol. The second-order valence-corrected chi connectivity index (χ2v) is 3.59. The Morgan fingerprint density at radius 1 is 1.58 bits per heavy atom. The summed E-state index contributed by atoms with van der Waals surface area (Å²) >= 11 is 4.12. The number of likely N-dealkylation sites (tertiary alicyclic amines) is 1. The van der Waals surface area contributed by atoms with Crippen molar-refractivity contribution in [2.45, 2.75) is 31.7 Å². The van der Waals surface area contributed by atoms with Crippen molar-refractivity contribution in [1.82, 2.24) is 4.90 Å². The third kappa shape index (κ3) is 2.30. The van der Waals surface area contributed by atoms with Crippen LogP contribution in [-0.4, -0.2) is 34.4 Å². The number of rotatable bonds is 2. The highest BCUT2D eigenvalue weighted by Gasteiger charge is 2.25. The number of thiol groups is 1. The van der Waals surface area contributed by atoms with Crippen molar-refractivity contribution >= 4 is 18.7 Å². The van der Waals surface area contributed by atoms with Gasteiger partial charge in [-0.25, -0.2) is 4.79 Å². The summed E-state index contributed by atoms with van der Waals surface area (Å²) in [5, 5.41) is 8.84. The molecule has 0 bridgehead atoms. The van der Waals surface area contributed by atoms with Gasteiger partial charge in [-0.1, -0.05) is 0 Å². The lowest BCUT2D eigenvalue weighted by atomic mass is 10.0. The third-order valence-corrected chi connectivity index (χ3v) is 2.59. The summed E-state index contributed by atoms with van der Waals surface area (Å²) in [6.45, 7) is 0.702. The third-order valence-electron chi connectivity index (χ3n) is 2.34. The van der Waals surface area contributed by atoms with Crippen LogP contribution in [0.25, 0.3) is 0 Å². The molecule has 3 nitrogen and oxygen atoms in total. The minimum atomic E-state index is -0.776. The van der Waals surface area contributed by atoms with Crippen LogP contribution in [0, 0.1) is 0 Å². The maximum atomic E-state index is 10.7. The van der Waals surface area contributed by atoms with Gasteiger partial charge in [0.1, 0.15) is 0 Å². The first kappa shape index (κ1) is 9.71. The Labute approximate surface area is 78.2 Å². The van der Waals surface area contributed by atoms with Crippen molar-refractivity contribution in [2.24, 2.45) is 0 Å². The van der Waals surface area contributed by atoms with E-state index >= 15 is 0 Å². The Morgan fingerprint density at radius 2 is 2.33 bits per heavy atom. The van der Waals surface area contributed by atoms with Gasteiger partial charge in [0, 0.05) is 12.6 Å². The normalized spacial score (nSPS) is 24.1. The maximum Gasteiger partial charge on any atom is 0.407 e. The number of amides is 1. The van der Waals surface area contributed by atoms with Crippen molar-refractivity contribution in [3.05, 3.63) is 0 Å². The fourth-order valence-corrected chi connectivity index (χ4v) is 2.00. The lowest BCUT2D eigenvalue weighted by Gasteiger charge is -2.33. The van der Waals surface area contributed by atoms with Crippen molar-refractivity contribution in [1.29, 1.82) is 0 Å². The molecule has 1 unspecified atom stereocenters. The molecule has 4 heteroatoms. The summed E-state index contributed by atoms with van der Waals surface area (Å²) in [6, 6.07) is 0.216. The van der Waals surface area contributed by atoms with E-state index in [-0.39, 0.29) is 6.04 Å². The van der Waals surface area contributed by atoms with Gasteiger partial charge in [0.25, 0.3) is 0 Å². The summed E-state index contributed by atoms with van der Waals surface area (Å²) in [5.41, 5.74) is 0. The van der Waals surface area contributed by atoms with Crippen molar-refractivity contribution < 1.29 is 9.90 Å². The van der Waals surface area contributed by atoms with E-state index in [0.29, 0.717) is 6.54 Å². The smallest absolute Gasteiger partial charge is 0.407 e. The van der Waals surface area contributed by atoms with E-state index in [1.165, 1.54) is 0 Å². The lowest BCUT2D eigenvalue weighted by Crippen LogP contribution is -2.43. The highest BCUT2D eigenvalue weighted by atomic mass is 32.1. The van der Waals surface area contributed by atoms with Gasteiger partial charge >= 0.3 is 6.09 Å². The zero-order valence-electron chi connectivity index (χ0n) is 7.07. The van der Waals surface area contributed by atoms with Gasteiger partial charge in [-0.15, -0.1) is 0 Å². The fourth-order valence-electron chi connectivity index (χ4n) is 1.70. The average Bonchev–Trinajstić information content (AvgIpc) is 2.05. The standard InChI is InChI=1S/C8H15NO2S/c10-8(11)9-5-2-1-3-7(9)4-6-12/h7,12H,1-6H2,(H,10,11). The van der Waals surface area contributed by atoms with Crippen molar-refractivity contribution in [2.75, 3.05) is 12.3 Å². The minimum Gasteiger partial charge on any atom is -0.465 e. The fraction of sp³-hybridized carbons (Fsp3) is 0.875. The van der Waals surface area contributed by atoms with Crippen LogP contribution in [0.15, 0.2) is 0 Å². The summed E-state index contributed by atoms with van der Waals surface area (Å²) in [7, 11) is 0. The maximum absolute atomic E-state index is 10.7. The van der Waals surface area contributed by atoms with Crippen molar-refractivity contribution in [3.63, 3.8) is 0 Å². The molecule has 1 aliphatic rings. The molecule has 1 aliphatic heterocycles. The van der Waals surface area contributed by atoms with Crippen LogP contribution < -0.4 is 0 Å². The molecule has 0 aliphatic carbocycles. The average molecular weight is 189 g/mol. The van der Waals surface area contributed by atoms with E-state index in [2.05, 4.69) is 12.6 Å². The van der Waals surface area contributed by atoms with E-state index in [9.17, 15) is 4.79 Å². The molecule has 0 spiro atoms. The summed E-state index contributed by atoms with van der Waals surface area (Å²) < 4.78 is 0. The molecular formula is C8H15NO2S. The second kappa shape index (κ2) is 4.60. The SMILES string of the molecule is O=C(O)N1CCCCC1CCS. The number of piperidine rings is 1. The Morgan fingerprint density at radius 3 is 2.92 bits per heavy atom. The van der Waals surface area contributed by atoms with E-state index in [4.69, 9.17) is 5.11 Å². The Balaban J connectivity index is 2.48. The molecule has 1 amide bonds. The largest absolute Gasteiger partial charge is 0.465 e. The Kier molecular flexibility index (Phi) is 3.72. The monoisotopic (exact) mass is 189 g/mol. The highest BCUT2D eigenvalue weighted by Crippen LogP contribution is 2.19. The lowest BCUT2D eigenvalue weighted by molar-refractivity contribution is 0.105. The molecule has 12 heavy (non-hydrogen) atoms. The first-order valence-corrected chi connectivity index (χ1v) is 4.99. The van der Waals surface area contributed by atoms with Crippen molar-refractivity contribution in [3.8, 4) is 0 Å². The van der Waals surface area contributed by atoms with Gasteiger partial charge < -0.3 is 10.0 Å². The van der Waals surface area contributed by atoms with Gasteiger partial charge in [-0.2, -0.15) is 12.6 Å². The topological polar surface area (TPSA) is 40.5 Å². The summed E-state index contributed by atoms with van der Waals surface area (Å²) in [4.78, 5) is 12.3. The van der Waals surface area contributed by atoms with Crippen LogP contribution in [0.3, 0.4) is 0 Å². The van der Waals surface area contributed by atoms with Crippen LogP contribution in [-0.2, 0) is 0 Å². The number of hydrogen-bond donors (Lipinski definition) is 2. The number of hydrogen-bond acceptors (Lipinski definition) is 2. The molecule has 1 fully saturated rings. The van der Waals surface area contributed by atoms with E-state index in [1.807, 2.05) is 0 Å². The van der Waals surface area contributed by atoms with Gasteiger partial charge in [0.2, 0.25) is 0 Å². The van der Waals surface area contributed by atoms with Gasteiger partial charge in [-0.05, 0) is 31.4 Å². The summed E-state index contributed by atoms with van der Waals surface area (Å²) in [6.07, 6.45) is 3.28. The highest BCUT2D eigenvalue weighted by molar-refractivity contribution is 7.80. The molecule has 0 saturated carbocycles. The van der Waals surface area contributed by atoms with Crippen LogP contribution in [0.2, 0.25) is 0 Å². The number of carbonyl (C=O) groups is 1. The molecule has 1 rings (SSSR count). The van der Waals surface area contributed by atoms with Gasteiger partial charge in [0.05, 0.1) is 0 Å². The molecule has 1 saturated heterocycles. The quantitative estimate of drug-likeness (QED) is 0.651.